The minimum Gasteiger partial charge on any atom is -0.384 e. The van der Waals surface area contributed by atoms with Gasteiger partial charge in [0.25, 0.3) is 10.0 Å². The van der Waals surface area contributed by atoms with E-state index in [0.29, 0.717) is 5.82 Å². The summed E-state index contributed by atoms with van der Waals surface area (Å²) in [5.74, 6) is 0.301. The molecule has 2 aromatic rings. The number of aryl methyl sites for hydroxylation is 1. The molecule has 0 aliphatic carbocycles. The van der Waals surface area contributed by atoms with Crippen LogP contribution in [0.4, 0.5) is 11.5 Å². The molecule has 0 unspecified atom stereocenters. The van der Waals surface area contributed by atoms with Crippen LogP contribution < -0.4 is 10.0 Å². The predicted molar refractivity (Wildman–Crippen MR) is 97.9 cm³/mol. The summed E-state index contributed by atoms with van der Waals surface area (Å²) in [6.45, 7) is 3.71. The van der Waals surface area contributed by atoms with Gasteiger partial charge in [-0.1, -0.05) is 12.1 Å². The van der Waals surface area contributed by atoms with Crippen LogP contribution in [0.2, 0.25) is 0 Å². The molecule has 1 aromatic heterocycles. The van der Waals surface area contributed by atoms with Gasteiger partial charge in [-0.05, 0) is 63.8 Å². The van der Waals surface area contributed by atoms with Gasteiger partial charge in [0.05, 0.1) is 16.8 Å². The number of hydrogen-bond donors (Lipinski definition) is 2. The monoisotopic (exact) mass is 348 g/mol. The average molecular weight is 348 g/mol. The van der Waals surface area contributed by atoms with Crippen molar-refractivity contribution in [3.05, 3.63) is 48.2 Å². The number of pyridine rings is 1. The standard InChI is InChI=1S/C17H24N4O2S/c1-14-6-4-7-16(12-14)24(22,23)20-17-9-8-15(13-19-17)18-10-5-11-21(2)3/h4,6-9,12-13,18H,5,10-11H2,1-3H3,(H,19,20). The zero-order valence-corrected chi connectivity index (χ0v) is 15.1. The third-order valence-electron chi connectivity index (χ3n) is 3.41. The number of nitrogens with zero attached hydrogens (tertiary/aromatic N) is 2. The lowest BCUT2D eigenvalue weighted by molar-refractivity contribution is 0.405. The lowest BCUT2D eigenvalue weighted by Gasteiger charge is -2.11. The molecule has 0 radical (unpaired) electrons. The highest BCUT2D eigenvalue weighted by Crippen LogP contribution is 2.16. The van der Waals surface area contributed by atoms with E-state index in [-0.39, 0.29) is 4.90 Å². The maximum absolute atomic E-state index is 12.3. The number of benzene rings is 1. The van der Waals surface area contributed by atoms with E-state index >= 15 is 0 Å². The molecular formula is C17H24N4O2S. The molecule has 1 aromatic carbocycles. The van der Waals surface area contributed by atoms with Crippen molar-refractivity contribution in [1.82, 2.24) is 9.88 Å². The summed E-state index contributed by atoms with van der Waals surface area (Å²) in [6, 6.07) is 10.2. The van der Waals surface area contributed by atoms with Crippen LogP contribution in [0.3, 0.4) is 0 Å². The van der Waals surface area contributed by atoms with Crippen molar-refractivity contribution >= 4 is 21.5 Å². The Kier molecular flexibility index (Phi) is 6.16. The average Bonchev–Trinajstić information content (AvgIpc) is 2.52. The summed E-state index contributed by atoms with van der Waals surface area (Å²) in [5, 5.41) is 3.26. The van der Waals surface area contributed by atoms with Crippen molar-refractivity contribution in [2.45, 2.75) is 18.2 Å². The zero-order valence-electron chi connectivity index (χ0n) is 14.3. The van der Waals surface area contributed by atoms with Crippen LogP contribution in [0.25, 0.3) is 0 Å². The van der Waals surface area contributed by atoms with Crippen molar-refractivity contribution in [3.8, 4) is 0 Å². The molecule has 0 fully saturated rings. The molecule has 130 valence electrons. The largest absolute Gasteiger partial charge is 0.384 e. The van der Waals surface area contributed by atoms with Gasteiger partial charge in [-0.25, -0.2) is 13.4 Å². The first kappa shape index (κ1) is 18.2. The zero-order chi connectivity index (χ0) is 17.6. The first-order chi connectivity index (χ1) is 11.4. The number of rotatable bonds is 8. The van der Waals surface area contributed by atoms with Gasteiger partial charge >= 0.3 is 0 Å². The summed E-state index contributed by atoms with van der Waals surface area (Å²) >= 11 is 0. The number of hydrogen-bond acceptors (Lipinski definition) is 5. The fourth-order valence-corrected chi connectivity index (χ4v) is 3.28. The minimum atomic E-state index is -3.62. The molecule has 0 spiro atoms. The molecule has 0 aliphatic heterocycles. The van der Waals surface area contributed by atoms with Crippen LogP contribution in [0.1, 0.15) is 12.0 Å². The van der Waals surface area contributed by atoms with E-state index in [1.54, 1.807) is 30.5 Å². The lowest BCUT2D eigenvalue weighted by atomic mass is 10.2. The van der Waals surface area contributed by atoms with E-state index in [0.717, 1.165) is 30.8 Å². The summed E-state index contributed by atoms with van der Waals surface area (Å²) < 4.78 is 27.2. The van der Waals surface area contributed by atoms with E-state index in [2.05, 4.69) is 19.9 Å². The molecule has 0 aliphatic rings. The molecule has 0 amide bonds. The molecule has 0 atom stereocenters. The van der Waals surface area contributed by atoms with Crippen molar-refractivity contribution in [2.75, 3.05) is 37.2 Å². The Morgan fingerprint density at radius 2 is 1.96 bits per heavy atom. The van der Waals surface area contributed by atoms with Crippen LogP contribution in [0.15, 0.2) is 47.5 Å². The Morgan fingerprint density at radius 1 is 1.17 bits per heavy atom. The second-order valence-corrected chi connectivity index (χ2v) is 7.62. The van der Waals surface area contributed by atoms with Gasteiger partial charge in [-0.15, -0.1) is 0 Å². The Labute approximate surface area is 144 Å². The van der Waals surface area contributed by atoms with Gasteiger partial charge in [-0.3, -0.25) is 4.72 Å². The topological polar surface area (TPSA) is 74.3 Å². The van der Waals surface area contributed by atoms with Crippen LogP contribution in [-0.4, -0.2) is 45.5 Å². The Hall–Kier alpha value is -2.12. The van der Waals surface area contributed by atoms with Gasteiger partial charge in [0.15, 0.2) is 0 Å². The SMILES string of the molecule is Cc1cccc(S(=O)(=O)Nc2ccc(NCCCN(C)C)cn2)c1. The normalized spacial score (nSPS) is 11.5. The molecule has 1 heterocycles. The fourth-order valence-electron chi connectivity index (χ4n) is 2.17. The predicted octanol–water partition coefficient (Wildman–Crippen LogP) is 2.55. The highest BCUT2D eigenvalue weighted by atomic mass is 32.2. The van der Waals surface area contributed by atoms with Crippen molar-refractivity contribution in [3.63, 3.8) is 0 Å². The maximum atomic E-state index is 12.3. The van der Waals surface area contributed by atoms with Crippen LogP contribution in [0.5, 0.6) is 0 Å². The van der Waals surface area contributed by atoms with E-state index in [4.69, 9.17) is 0 Å². The van der Waals surface area contributed by atoms with E-state index < -0.39 is 10.0 Å². The van der Waals surface area contributed by atoms with Gasteiger partial charge in [0, 0.05) is 6.54 Å². The Bertz CT molecular complexity index is 758. The fraction of sp³-hybridized carbons (Fsp3) is 0.353. The lowest BCUT2D eigenvalue weighted by Crippen LogP contribution is -2.16. The smallest absolute Gasteiger partial charge is 0.263 e. The second-order valence-electron chi connectivity index (χ2n) is 5.94. The summed E-state index contributed by atoms with van der Waals surface area (Å²) in [6.07, 6.45) is 2.65. The van der Waals surface area contributed by atoms with Crippen molar-refractivity contribution in [2.24, 2.45) is 0 Å². The molecule has 6 nitrogen and oxygen atoms in total. The Morgan fingerprint density at radius 3 is 2.58 bits per heavy atom. The molecule has 0 saturated carbocycles. The number of anilines is 2. The first-order valence-electron chi connectivity index (χ1n) is 7.81. The number of nitrogens with one attached hydrogen (secondary N) is 2. The van der Waals surface area contributed by atoms with Crippen LogP contribution >= 0.6 is 0 Å². The van der Waals surface area contributed by atoms with Gasteiger partial charge < -0.3 is 10.2 Å². The van der Waals surface area contributed by atoms with Crippen molar-refractivity contribution in [1.29, 1.82) is 0 Å². The molecule has 24 heavy (non-hydrogen) atoms. The van der Waals surface area contributed by atoms with E-state index in [1.807, 2.05) is 33.2 Å². The van der Waals surface area contributed by atoms with Crippen molar-refractivity contribution < 1.29 is 8.42 Å². The molecule has 2 rings (SSSR count). The van der Waals surface area contributed by atoms with E-state index in [1.165, 1.54) is 0 Å². The highest BCUT2D eigenvalue weighted by Gasteiger charge is 2.14. The summed E-state index contributed by atoms with van der Waals surface area (Å²) in [7, 11) is 0.459. The summed E-state index contributed by atoms with van der Waals surface area (Å²) in [5.41, 5.74) is 1.76. The number of aromatic nitrogens is 1. The second kappa shape index (κ2) is 8.12. The van der Waals surface area contributed by atoms with Crippen LogP contribution in [-0.2, 0) is 10.0 Å². The number of sulfonamides is 1. The molecule has 0 bridgehead atoms. The van der Waals surface area contributed by atoms with Crippen LogP contribution in [0, 0.1) is 6.92 Å². The third-order valence-corrected chi connectivity index (χ3v) is 4.77. The first-order valence-corrected chi connectivity index (χ1v) is 9.29. The van der Waals surface area contributed by atoms with Gasteiger partial charge in [-0.2, -0.15) is 0 Å². The molecule has 0 saturated heterocycles. The minimum absolute atomic E-state index is 0.232. The third kappa shape index (κ3) is 5.50. The van der Waals surface area contributed by atoms with Gasteiger partial charge in [0.1, 0.15) is 5.82 Å². The maximum Gasteiger partial charge on any atom is 0.263 e. The van der Waals surface area contributed by atoms with Gasteiger partial charge in [0.2, 0.25) is 0 Å². The molecule has 2 N–H and O–H groups in total. The van der Waals surface area contributed by atoms with E-state index in [9.17, 15) is 8.42 Å². The summed E-state index contributed by atoms with van der Waals surface area (Å²) in [4.78, 5) is 6.52. The quantitative estimate of drug-likeness (QED) is 0.717. The molecular weight excluding hydrogens is 324 g/mol. The molecule has 7 heteroatoms. The Balaban J connectivity index is 1.96. The highest BCUT2D eigenvalue weighted by molar-refractivity contribution is 7.92.